The first-order valence-electron chi connectivity index (χ1n) is 7.70. The molecule has 5 nitrogen and oxygen atoms in total. The molecule has 1 aromatic carbocycles. The molecule has 3 heterocycles. The van der Waals surface area contributed by atoms with Crippen molar-refractivity contribution in [1.82, 2.24) is 14.7 Å². The second-order valence-electron chi connectivity index (χ2n) is 5.91. The molecule has 4 rings (SSSR count). The molecule has 0 spiro atoms. The summed E-state index contributed by atoms with van der Waals surface area (Å²) in [5.74, 6) is 0.0184. The Morgan fingerprint density at radius 3 is 2.91 bits per heavy atom. The summed E-state index contributed by atoms with van der Waals surface area (Å²) < 4.78 is 1.88. The third-order valence-corrected chi connectivity index (χ3v) is 4.49. The zero-order valence-corrected chi connectivity index (χ0v) is 12.6. The Bertz CT molecular complexity index is 748. The smallest absolute Gasteiger partial charge is 0.277 e. The van der Waals surface area contributed by atoms with E-state index < -0.39 is 0 Å². The Labute approximate surface area is 129 Å². The molecule has 0 unspecified atom stereocenters. The van der Waals surface area contributed by atoms with Crippen molar-refractivity contribution in [3.8, 4) is 0 Å². The van der Waals surface area contributed by atoms with E-state index in [0.717, 1.165) is 30.8 Å². The van der Waals surface area contributed by atoms with Gasteiger partial charge in [-0.25, -0.2) is 0 Å². The Balaban J connectivity index is 1.73. The van der Waals surface area contributed by atoms with E-state index in [2.05, 4.69) is 22.2 Å². The third-order valence-electron chi connectivity index (χ3n) is 4.49. The molecule has 22 heavy (non-hydrogen) atoms. The monoisotopic (exact) mass is 294 g/mol. The van der Waals surface area contributed by atoms with Crippen molar-refractivity contribution >= 4 is 17.8 Å². The van der Waals surface area contributed by atoms with Crippen LogP contribution in [0, 0.1) is 6.92 Å². The molecule has 0 bridgehead atoms. The van der Waals surface area contributed by atoms with Crippen LogP contribution in [0.2, 0.25) is 0 Å². The summed E-state index contributed by atoms with van der Waals surface area (Å²) in [6.07, 6.45) is 3.96. The van der Waals surface area contributed by atoms with E-state index in [1.807, 2.05) is 40.9 Å². The Hall–Kier alpha value is -2.43. The van der Waals surface area contributed by atoms with Crippen LogP contribution in [-0.2, 0) is 6.54 Å². The number of nitrogens with zero attached hydrogens (tertiary/aromatic N) is 4. The molecule has 0 radical (unpaired) electrons. The van der Waals surface area contributed by atoms with Crippen LogP contribution in [0.5, 0.6) is 0 Å². The van der Waals surface area contributed by atoms with Crippen molar-refractivity contribution in [3.63, 3.8) is 0 Å². The van der Waals surface area contributed by atoms with Crippen molar-refractivity contribution in [2.45, 2.75) is 32.4 Å². The number of carbonyl (C=O) groups excluding carboxylic acids is 1. The largest absolute Gasteiger partial charge is 0.329 e. The van der Waals surface area contributed by atoms with E-state index in [1.165, 1.54) is 5.56 Å². The van der Waals surface area contributed by atoms with Gasteiger partial charge in [0.25, 0.3) is 5.91 Å². The van der Waals surface area contributed by atoms with Crippen LogP contribution in [0.15, 0.2) is 35.3 Å². The molecular formula is C17H18N4O. The van der Waals surface area contributed by atoms with E-state index in [-0.39, 0.29) is 11.9 Å². The van der Waals surface area contributed by atoms with Crippen LogP contribution in [-0.4, -0.2) is 39.4 Å². The molecule has 1 aromatic heterocycles. The number of rotatable bonds is 2. The van der Waals surface area contributed by atoms with Gasteiger partial charge in [0.2, 0.25) is 0 Å². The van der Waals surface area contributed by atoms with Gasteiger partial charge in [-0.3, -0.25) is 14.5 Å². The first kappa shape index (κ1) is 13.2. The van der Waals surface area contributed by atoms with E-state index in [1.54, 1.807) is 0 Å². The van der Waals surface area contributed by atoms with Gasteiger partial charge >= 0.3 is 0 Å². The number of benzene rings is 1. The highest BCUT2D eigenvalue weighted by molar-refractivity contribution is 6.01. The minimum absolute atomic E-state index is 0.0184. The van der Waals surface area contributed by atoms with Gasteiger partial charge in [-0.2, -0.15) is 5.10 Å². The second kappa shape index (κ2) is 5.09. The zero-order chi connectivity index (χ0) is 15.1. The molecule has 1 saturated heterocycles. The lowest BCUT2D eigenvalue weighted by atomic mass is 10.2. The number of fused-ring (bicyclic) bond motifs is 2. The Morgan fingerprint density at radius 1 is 1.27 bits per heavy atom. The molecule has 0 aliphatic carbocycles. The maximum absolute atomic E-state index is 12.7. The van der Waals surface area contributed by atoms with Gasteiger partial charge in [0.15, 0.2) is 5.69 Å². The van der Waals surface area contributed by atoms with E-state index >= 15 is 0 Å². The van der Waals surface area contributed by atoms with Gasteiger partial charge in [0, 0.05) is 12.8 Å². The summed E-state index contributed by atoms with van der Waals surface area (Å²) in [6.45, 7) is 3.45. The number of hydrogen-bond donors (Lipinski definition) is 0. The van der Waals surface area contributed by atoms with Crippen LogP contribution in [0.3, 0.4) is 0 Å². The molecule has 2 aromatic rings. The number of carbonyl (C=O) groups is 1. The quantitative estimate of drug-likeness (QED) is 0.854. The van der Waals surface area contributed by atoms with Crippen molar-refractivity contribution < 1.29 is 4.79 Å². The average molecular weight is 294 g/mol. The summed E-state index contributed by atoms with van der Waals surface area (Å²) in [6, 6.07) is 10.3. The fourth-order valence-electron chi connectivity index (χ4n) is 3.24. The molecule has 1 atom stereocenters. The van der Waals surface area contributed by atoms with E-state index in [4.69, 9.17) is 0 Å². The topological polar surface area (TPSA) is 50.5 Å². The van der Waals surface area contributed by atoms with E-state index in [0.29, 0.717) is 12.2 Å². The number of aromatic nitrogens is 2. The molecule has 2 aliphatic rings. The number of hydrogen-bond acceptors (Lipinski definition) is 3. The van der Waals surface area contributed by atoms with Crippen molar-refractivity contribution in [3.05, 3.63) is 47.3 Å². The van der Waals surface area contributed by atoms with Gasteiger partial charge in [0.1, 0.15) is 5.69 Å². The summed E-state index contributed by atoms with van der Waals surface area (Å²) in [7, 11) is 0. The fraction of sp³-hybridized carbons (Fsp3) is 0.353. The first-order valence-corrected chi connectivity index (χ1v) is 7.70. The zero-order valence-electron chi connectivity index (χ0n) is 12.6. The molecule has 0 saturated carbocycles. The minimum Gasteiger partial charge on any atom is -0.329 e. The molecule has 2 aliphatic heterocycles. The van der Waals surface area contributed by atoms with Crippen LogP contribution >= 0.6 is 0 Å². The Kier molecular flexibility index (Phi) is 3.06. The van der Waals surface area contributed by atoms with Crippen molar-refractivity contribution in [2.24, 2.45) is 4.99 Å². The van der Waals surface area contributed by atoms with Crippen LogP contribution in [0.1, 0.15) is 34.6 Å². The molecule has 0 N–H and O–H groups in total. The van der Waals surface area contributed by atoms with Crippen molar-refractivity contribution in [1.29, 1.82) is 0 Å². The lowest BCUT2D eigenvalue weighted by molar-refractivity contribution is 0.0768. The fourth-order valence-corrected chi connectivity index (χ4v) is 3.24. The number of aliphatic imine (C=N–C) groups is 1. The predicted octanol–water partition coefficient (Wildman–Crippen LogP) is 2.56. The highest BCUT2D eigenvalue weighted by Gasteiger charge is 2.34. The van der Waals surface area contributed by atoms with Gasteiger partial charge in [-0.15, -0.1) is 0 Å². The molecular weight excluding hydrogens is 276 g/mol. The molecule has 112 valence electrons. The molecule has 5 heteroatoms. The highest BCUT2D eigenvalue weighted by atomic mass is 16.2. The average Bonchev–Trinajstić information content (AvgIpc) is 3.09. The molecule has 1 amide bonds. The van der Waals surface area contributed by atoms with Crippen LogP contribution < -0.4 is 0 Å². The van der Waals surface area contributed by atoms with Gasteiger partial charge < -0.3 is 4.90 Å². The lowest BCUT2D eigenvalue weighted by Gasteiger charge is -2.18. The maximum Gasteiger partial charge on any atom is 0.277 e. The standard InChI is InChI=1S/C17H18N4O/c1-12-15-16(17(22)20-9-5-8-14(20)10-18-15)19-21(12)11-13-6-3-2-4-7-13/h2-4,6-7,10,14H,5,8-9,11H2,1H3/t14-/m0/s1. The predicted molar refractivity (Wildman–Crippen MR) is 84.7 cm³/mol. The summed E-state index contributed by atoms with van der Waals surface area (Å²) in [4.78, 5) is 19.2. The SMILES string of the molecule is Cc1c2c(nn1Cc1ccccc1)C(=O)N1CCC[C@H]1C=N2. The van der Waals surface area contributed by atoms with Crippen LogP contribution in [0.4, 0.5) is 5.69 Å². The highest BCUT2D eigenvalue weighted by Crippen LogP contribution is 2.31. The van der Waals surface area contributed by atoms with Gasteiger partial charge in [-0.05, 0) is 25.3 Å². The summed E-state index contributed by atoms with van der Waals surface area (Å²) in [5, 5.41) is 4.56. The summed E-state index contributed by atoms with van der Waals surface area (Å²) in [5.41, 5.74) is 3.34. The molecule has 1 fully saturated rings. The maximum atomic E-state index is 12.7. The number of amides is 1. The van der Waals surface area contributed by atoms with Gasteiger partial charge in [-0.1, -0.05) is 30.3 Å². The second-order valence-corrected chi connectivity index (χ2v) is 5.91. The lowest BCUT2D eigenvalue weighted by Crippen LogP contribution is -2.35. The first-order chi connectivity index (χ1) is 10.7. The van der Waals surface area contributed by atoms with Gasteiger partial charge in [0.05, 0.1) is 18.3 Å². The normalized spacial score (nSPS) is 20.0. The summed E-state index contributed by atoms with van der Waals surface area (Å²) >= 11 is 0. The Morgan fingerprint density at radius 2 is 2.09 bits per heavy atom. The van der Waals surface area contributed by atoms with Crippen molar-refractivity contribution in [2.75, 3.05) is 6.54 Å². The van der Waals surface area contributed by atoms with E-state index in [9.17, 15) is 4.79 Å². The minimum atomic E-state index is 0.0184. The third kappa shape index (κ3) is 2.04. The van der Waals surface area contributed by atoms with Crippen LogP contribution in [0.25, 0.3) is 0 Å².